The molecule has 2 aromatic rings. The van der Waals surface area contributed by atoms with Gasteiger partial charge in [0.25, 0.3) is 0 Å². The Morgan fingerprint density at radius 2 is 2.20 bits per heavy atom. The smallest absolute Gasteiger partial charge is 0.376 e. The van der Waals surface area contributed by atoms with Gasteiger partial charge in [-0.25, -0.2) is 9.78 Å². The first-order chi connectivity index (χ1) is 9.69. The van der Waals surface area contributed by atoms with Gasteiger partial charge in [0.2, 0.25) is 11.7 Å². The molecule has 0 bridgehead atoms. The summed E-state index contributed by atoms with van der Waals surface area (Å²) in [5, 5.41) is 3.84. The van der Waals surface area contributed by atoms with Crippen LogP contribution < -0.4 is 0 Å². The van der Waals surface area contributed by atoms with Crippen LogP contribution >= 0.6 is 0 Å². The molecule has 0 aromatic carbocycles. The Morgan fingerprint density at radius 3 is 2.85 bits per heavy atom. The molecule has 0 aliphatic carbocycles. The summed E-state index contributed by atoms with van der Waals surface area (Å²) in [7, 11) is 1.56. The summed E-state index contributed by atoms with van der Waals surface area (Å²) < 4.78 is 20.4. The standard InChI is InChI=1S/C13H16N2O5/c1-4-9-11(13(16)18-5-2)19-12(14-9)10-6-8(7-17-3)20-15-10/h6H,4-5,7H2,1-3H3. The van der Waals surface area contributed by atoms with Gasteiger partial charge in [-0.2, -0.15) is 0 Å². The van der Waals surface area contributed by atoms with Gasteiger partial charge in [-0.3, -0.25) is 0 Å². The van der Waals surface area contributed by atoms with Crippen LogP contribution in [0.3, 0.4) is 0 Å². The second-order valence-corrected chi connectivity index (χ2v) is 3.98. The third-order valence-corrected chi connectivity index (χ3v) is 2.56. The molecule has 7 nitrogen and oxygen atoms in total. The van der Waals surface area contributed by atoms with Crippen molar-refractivity contribution in [3.05, 3.63) is 23.3 Å². The minimum absolute atomic E-state index is 0.112. The number of aryl methyl sites for hydroxylation is 1. The maximum atomic E-state index is 11.8. The Kier molecular flexibility index (Phi) is 4.52. The highest BCUT2D eigenvalue weighted by Crippen LogP contribution is 2.23. The largest absolute Gasteiger partial charge is 0.460 e. The topological polar surface area (TPSA) is 87.6 Å². The number of ether oxygens (including phenoxy) is 2. The molecule has 0 aliphatic heterocycles. The van der Waals surface area contributed by atoms with Crippen molar-refractivity contribution in [3.8, 4) is 11.6 Å². The van der Waals surface area contributed by atoms with Crippen LogP contribution in [0.25, 0.3) is 11.6 Å². The number of rotatable bonds is 6. The van der Waals surface area contributed by atoms with Gasteiger partial charge in [-0.1, -0.05) is 12.1 Å². The summed E-state index contributed by atoms with van der Waals surface area (Å²) in [4.78, 5) is 16.0. The number of oxazole rings is 1. The van der Waals surface area contributed by atoms with Crippen molar-refractivity contribution in [3.63, 3.8) is 0 Å². The van der Waals surface area contributed by atoms with E-state index in [2.05, 4.69) is 10.1 Å². The molecule has 7 heteroatoms. The van der Waals surface area contributed by atoms with Crippen molar-refractivity contribution in [2.45, 2.75) is 26.9 Å². The fourth-order valence-corrected chi connectivity index (χ4v) is 1.68. The molecule has 0 atom stereocenters. The lowest BCUT2D eigenvalue weighted by atomic mass is 10.3. The van der Waals surface area contributed by atoms with E-state index in [1.165, 1.54) is 0 Å². The first-order valence-electron chi connectivity index (χ1n) is 6.31. The molecular weight excluding hydrogens is 264 g/mol. The van der Waals surface area contributed by atoms with E-state index in [-0.39, 0.29) is 18.3 Å². The van der Waals surface area contributed by atoms with E-state index >= 15 is 0 Å². The second-order valence-electron chi connectivity index (χ2n) is 3.98. The molecule has 0 saturated carbocycles. The lowest BCUT2D eigenvalue weighted by molar-refractivity contribution is 0.0489. The first kappa shape index (κ1) is 14.3. The Bertz CT molecular complexity index is 587. The maximum Gasteiger partial charge on any atom is 0.376 e. The number of carbonyl (C=O) groups is 1. The SMILES string of the molecule is CCOC(=O)c1oc(-c2cc(COC)on2)nc1CC. The number of aromatic nitrogens is 2. The van der Waals surface area contributed by atoms with Gasteiger partial charge in [0.15, 0.2) is 11.5 Å². The van der Waals surface area contributed by atoms with Gasteiger partial charge in [-0.05, 0) is 13.3 Å². The Balaban J connectivity index is 2.30. The van der Waals surface area contributed by atoms with E-state index in [9.17, 15) is 4.79 Å². The Labute approximate surface area is 115 Å². The molecule has 2 aromatic heterocycles. The number of carbonyl (C=O) groups excluding carboxylic acids is 1. The van der Waals surface area contributed by atoms with Crippen LogP contribution in [0.15, 0.2) is 15.0 Å². The average Bonchev–Trinajstić information content (AvgIpc) is 3.05. The molecule has 108 valence electrons. The summed E-state index contributed by atoms with van der Waals surface area (Å²) in [6.07, 6.45) is 0.556. The molecule has 0 amide bonds. The molecule has 0 aliphatic rings. The van der Waals surface area contributed by atoms with Gasteiger partial charge in [0, 0.05) is 13.2 Å². The minimum atomic E-state index is -0.524. The van der Waals surface area contributed by atoms with Crippen LogP contribution in [0.5, 0.6) is 0 Å². The highest BCUT2D eigenvalue weighted by molar-refractivity contribution is 5.88. The quantitative estimate of drug-likeness (QED) is 0.749. The van der Waals surface area contributed by atoms with Crippen LogP contribution in [0, 0.1) is 0 Å². The van der Waals surface area contributed by atoms with Crippen molar-refractivity contribution in [2.75, 3.05) is 13.7 Å². The molecular formula is C13H16N2O5. The van der Waals surface area contributed by atoms with Gasteiger partial charge in [0.05, 0.1) is 12.3 Å². The summed E-state index contributed by atoms with van der Waals surface area (Å²) in [5.41, 5.74) is 0.956. The summed E-state index contributed by atoms with van der Waals surface area (Å²) in [6.45, 7) is 4.19. The average molecular weight is 280 g/mol. The van der Waals surface area contributed by atoms with E-state index < -0.39 is 5.97 Å². The third-order valence-electron chi connectivity index (χ3n) is 2.56. The first-order valence-corrected chi connectivity index (χ1v) is 6.31. The molecule has 20 heavy (non-hydrogen) atoms. The molecule has 0 unspecified atom stereocenters. The third kappa shape index (κ3) is 2.88. The summed E-state index contributed by atoms with van der Waals surface area (Å²) in [5.74, 6) is 0.372. The van der Waals surface area contributed by atoms with Gasteiger partial charge in [0.1, 0.15) is 6.61 Å². The fourth-order valence-electron chi connectivity index (χ4n) is 1.68. The zero-order valence-corrected chi connectivity index (χ0v) is 11.6. The van der Waals surface area contributed by atoms with E-state index in [1.54, 1.807) is 20.1 Å². The molecule has 2 heterocycles. The van der Waals surface area contributed by atoms with Crippen molar-refractivity contribution < 1.29 is 23.2 Å². The van der Waals surface area contributed by atoms with Crippen LogP contribution in [0.4, 0.5) is 0 Å². The Hall–Kier alpha value is -2.15. The monoisotopic (exact) mass is 280 g/mol. The van der Waals surface area contributed by atoms with Crippen LogP contribution in [0.2, 0.25) is 0 Å². The molecule has 0 saturated heterocycles. The predicted molar refractivity (Wildman–Crippen MR) is 68.0 cm³/mol. The van der Waals surface area contributed by atoms with Crippen LogP contribution in [-0.4, -0.2) is 29.8 Å². The number of esters is 1. The van der Waals surface area contributed by atoms with Crippen LogP contribution in [-0.2, 0) is 22.5 Å². The minimum Gasteiger partial charge on any atom is -0.460 e. The highest BCUT2D eigenvalue weighted by Gasteiger charge is 2.22. The second kappa shape index (κ2) is 6.33. The number of nitrogens with zero attached hydrogens (tertiary/aromatic N) is 2. The zero-order valence-electron chi connectivity index (χ0n) is 11.6. The number of methoxy groups -OCH3 is 1. The highest BCUT2D eigenvalue weighted by atomic mass is 16.5. The van der Waals surface area contributed by atoms with Crippen molar-refractivity contribution in [1.29, 1.82) is 0 Å². The lowest BCUT2D eigenvalue weighted by Gasteiger charge is -1.98. The fraction of sp³-hybridized carbons (Fsp3) is 0.462. The van der Waals surface area contributed by atoms with Gasteiger partial charge >= 0.3 is 5.97 Å². The molecule has 0 N–H and O–H groups in total. The van der Waals surface area contributed by atoms with Crippen LogP contribution in [0.1, 0.15) is 35.9 Å². The van der Waals surface area contributed by atoms with Gasteiger partial charge in [-0.15, -0.1) is 0 Å². The van der Waals surface area contributed by atoms with Gasteiger partial charge < -0.3 is 18.4 Å². The summed E-state index contributed by atoms with van der Waals surface area (Å²) in [6, 6.07) is 1.66. The van der Waals surface area contributed by atoms with E-state index in [0.29, 0.717) is 30.2 Å². The predicted octanol–water partition coefficient (Wildman–Crippen LogP) is 2.22. The van der Waals surface area contributed by atoms with E-state index in [4.69, 9.17) is 18.4 Å². The number of hydrogen-bond donors (Lipinski definition) is 0. The van der Waals surface area contributed by atoms with E-state index in [0.717, 1.165) is 0 Å². The zero-order chi connectivity index (χ0) is 14.5. The normalized spacial score (nSPS) is 10.8. The lowest BCUT2D eigenvalue weighted by Crippen LogP contribution is -2.05. The molecule has 2 rings (SSSR count). The van der Waals surface area contributed by atoms with Crippen molar-refractivity contribution in [1.82, 2.24) is 10.1 Å². The van der Waals surface area contributed by atoms with E-state index in [1.807, 2.05) is 6.92 Å². The summed E-state index contributed by atoms with van der Waals surface area (Å²) >= 11 is 0. The molecule has 0 radical (unpaired) electrons. The van der Waals surface area contributed by atoms with Crippen molar-refractivity contribution in [2.24, 2.45) is 0 Å². The Morgan fingerprint density at radius 1 is 1.40 bits per heavy atom. The van der Waals surface area contributed by atoms with Crippen molar-refractivity contribution >= 4 is 5.97 Å². The maximum absolute atomic E-state index is 11.8. The number of hydrogen-bond acceptors (Lipinski definition) is 7. The molecule has 0 fully saturated rings. The molecule has 0 spiro atoms.